The summed E-state index contributed by atoms with van der Waals surface area (Å²) in [6, 6.07) is 12.3. The van der Waals surface area contributed by atoms with Crippen LogP contribution in [0, 0.1) is 12.3 Å². The number of nitrogens with zero attached hydrogens (tertiary/aromatic N) is 3. The van der Waals surface area contributed by atoms with E-state index in [0.717, 1.165) is 24.0 Å². The molecule has 4 heterocycles. The van der Waals surface area contributed by atoms with E-state index < -0.39 is 9.84 Å². The van der Waals surface area contributed by atoms with Crippen LogP contribution in [0.3, 0.4) is 0 Å². The molecule has 3 aliphatic rings. The minimum atomic E-state index is -3.51. The van der Waals surface area contributed by atoms with Gasteiger partial charge < -0.3 is 14.8 Å². The van der Waals surface area contributed by atoms with E-state index in [1.54, 1.807) is 36.7 Å². The van der Waals surface area contributed by atoms with Gasteiger partial charge in [0.1, 0.15) is 11.5 Å². The average Bonchev–Trinajstić information content (AvgIpc) is 3.61. The molecule has 0 spiro atoms. The molecule has 2 saturated heterocycles. The number of benzene rings is 2. The quantitative estimate of drug-likeness (QED) is 0.299. The lowest BCUT2D eigenvalue weighted by atomic mass is 9.72. The second kappa shape index (κ2) is 9.95. The molecule has 0 unspecified atom stereocenters. The lowest BCUT2D eigenvalue weighted by Gasteiger charge is -2.34. The first-order valence-corrected chi connectivity index (χ1v) is 15.4. The van der Waals surface area contributed by atoms with Crippen LogP contribution in [0.1, 0.15) is 44.7 Å². The highest BCUT2D eigenvalue weighted by molar-refractivity contribution is 7.91. The van der Waals surface area contributed by atoms with Crippen molar-refractivity contribution < 1.29 is 22.7 Å². The predicted octanol–water partition coefficient (Wildman–Crippen LogP) is 5.42. The van der Waals surface area contributed by atoms with E-state index in [0.29, 0.717) is 34.7 Å². The van der Waals surface area contributed by atoms with Crippen molar-refractivity contribution in [2.45, 2.75) is 63.5 Å². The third kappa shape index (κ3) is 5.58. The van der Waals surface area contributed by atoms with E-state index in [2.05, 4.69) is 15.4 Å². The monoisotopic (exact) mass is 574 g/mol. The zero-order valence-corrected chi connectivity index (χ0v) is 24.5. The lowest BCUT2D eigenvalue weighted by molar-refractivity contribution is -0.115. The number of fused-ring (bicyclic) bond motifs is 2. The number of anilines is 1. The number of amides is 1. The minimum absolute atomic E-state index is 0.0888. The number of hydrogen-bond donors (Lipinski definition) is 1. The third-order valence-electron chi connectivity index (χ3n) is 7.85. The van der Waals surface area contributed by atoms with Crippen molar-refractivity contribution >= 4 is 32.3 Å². The maximum absolute atomic E-state index is 13.3. The highest BCUT2D eigenvalue weighted by Crippen LogP contribution is 2.51. The molecule has 4 aromatic rings. The van der Waals surface area contributed by atoms with Crippen LogP contribution in [-0.4, -0.2) is 47.6 Å². The van der Waals surface area contributed by atoms with E-state index in [-0.39, 0.29) is 40.0 Å². The normalized spacial score (nSPS) is 20.1. The molecule has 0 radical (unpaired) electrons. The van der Waals surface area contributed by atoms with Gasteiger partial charge in [0.05, 0.1) is 52.7 Å². The lowest BCUT2D eigenvalue weighted by Crippen LogP contribution is -2.39. The summed E-state index contributed by atoms with van der Waals surface area (Å²) in [6.07, 6.45) is 7.16. The Hall–Kier alpha value is -3.76. The predicted molar refractivity (Wildman–Crippen MR) is 156 cm³/mol. The fourth-order valence-corrected chi connectivity index (χ4v) is 7.53. The SMILES string of the molecule is Cc1cc(CC(=O)Nc2cnn(C(C)(C)C)c2)ccc1Oc1ccnc2ccc(S(=O)(=O)CC34COC(C3)C4)cc12. The molecule has 1 saturated carbocycles. The number of aryl methyl sites for hydroxylation is 1. The first kappa shape index (κ1) is 27.4. The van der Waals surface area contributed by atoms with E-state index in [1.807, 2.05) is 56.8 Å². The van der Waals surface area contributed by atoms with Gasteiger partial charge in [0.15, 0.2) is 9.84 Å². The standard InChI is InChI=1S/C31H34N4O5S/c1-20-11-21(12-29(36)34-22-16-33-35(17-22)30(2,3)4)5-8-27(20)40-28-9-10-32-26-7-6-24(13-25(26)28)41(37,38)19-31-14-23(15-31)39-18-31/h5-11,13,16-17,23H,12,14-15,18-19H2,1-4H3,(H,34,36). The Balaban J connectivity index is 1.17. The molecule has 2 aromatic carbocycles. The molecule has 3 fully saturated rings. The smallest absolute Gasteiger partial charge is 0.228 e. The Morgan fingerprint density at radius 1 is 1.15 bits per heavy atom. The van der Waals surface area contributed by atoms with Gasteiger partial charge in [-0.15, -0.1) is 0 Å². The van der Waals surface area contributed by atoms with Crippen LogP contribution >= 0.6 is 0 Å². The second-order valence-electron chi connectivity index (χ2n) is 12.4. The molecular formula is C31H34N4O5S. The summed E-state index contributed by atoms with van der Waals surface area (Å²) >= 11 is 0. The number of nitrogens with one attached hydrogen (secondary N) is 1. The first-order chi connectivity index (χ1) is 19.4. The van der Waals surface area contributed by atoms with Crippen molar-refractivity contribution in [3.05, 3.63) is 72.2 Å². The fourth-order valence-electron chi connectivity index (χ4n) is 5.66. The number of carbonyl (C=O) groups is 1. The molecule has 1 amide bonds. The maximum atomic E-state index is 13.3. The summed E-state index contributed by atoms with van der Waals surface area (Å²) in [6.45, 7) is 8.56. The maximum Gasteiger partial charge on any atom is 0.228 e. The summed E-state index contributed by atoms with van der Waals surface area (Å²) in [5.74, 6) is 1.08. The van der Waals surface area contributed by atoms with Crippen LogP contribution in [0.25, 0.3) is 10.9 Å². The van der Waals surface area contributed by atoms with Crippen molar-refractivity contribution in [2.24, 2.45) is 5.41 Å². The van der Waals surface area contributed by atoms with Crippen molar-refractivity contribution in [3.8, 4) is 11.5 Å². The molecule has 1 N–H and O–H groups in total. The number of rotatable bonds is 8. The number of carbonyl (C=O) groups excluding carboxylic acids is 1. The Bertz CT molecular complexity index is 1740. The van der Waals surface area contributed by atoms with Crippen molar-refractivity contribution in [3.63, 3.8) is 0 Å². The molecule has 1 aliphatic carbocycles. The van der Waals surface area contributed by atoms with Gasteiger partial charge in [-0.1, -0.05) is 12.1 Å². The molecule has 214 valence electrons. The molecule has 41 heavy (non-hydrogen) atoms. The summed E-state index contributed by atoms with van der Waals surface area (Å²) in [5.41, 5.74) is 2.57. The number of ether oxygens (including phenoxy) is 2. The molecule has 7 rings (SSSR count). The summed E-state index contributed by atoms with van der Waals surface area (Å²) < 4.78 is 40.3. The molecule has 2 aromatic heterocycles. The number of sulfone groups is 1. The van der Waals surface area contributed by atoms with Crippen molar-refractivity contribution in [2.75, 3.05) is 17.7 Å². The van der Waals surface area contributed by atoms with Gasteiger partial charge in [0, 0.05) is 23.2 Å². The average molecular weight is 575 g/mol. The van der Waals surface area contributed by atoms with E-state index in [9.17, 15) is 13.2 Å². The molecule has 2 bridgehead atoms. The van der Waals surface area contributed by atoms with Crippen LogP contribution in [0.4, 0.5) is 5.69 Å². The number of pyridine rings is 1. The third-order valence-corrected chi connectivity index (χ3v) is 9.82. The highest BCUT2D eigenvalue weighted by atomic mass is 32.2. The minimum Gasteiger partial charge on any atom is -0.456 e. The van der Waals surface area contributed by atoms with E-state index in [4.69, 9.17) is 9.47 Å². The van der Waals surface area contributed by atoms with Crippen LogP contribution in [0.15, 0.2) is 66.0 Å². The zero-order chi connectivity index (χ0) is 29.0. The van der Waals surface area contributed by atoms with Gasteiger partial charge in [-0.3, -0.25) is 14.5 Å². The van der Waals surface area contributed by atoms with Crippen LogP contribution in [-0.2, 0) is 31.3 Å². The van der Waals surface area contributed by atoms with Crippen LogP contribution in [0.2, 0.25) is 0 Å². The van der Waals surface area contributed by atoms with Crippen LogP contribution < -0.4 is 10.1 Å². The Labute approximate surface area is 239 Å². The van der Waals surface area contributed by atoms with Gasteiger partial charge in [-0.25, -0.2) is 8.42 Å². The fraction of sp³-hybridized carbons (Fsp3) is 0.387. The molecule has 10 heteroatoms. The first-order valence-electron chi connectivity index (χ1n) is 13.7. The molecule has 0 atom stereocenters. The van der Waals surface area contributed by atoms with E-state index in [1.165, 1.54) is 0 Å². The Morgan fingerprint density at radius 3 is 2.63 bits per heavy atom. The summed E-state index contributed by atoms with van der Waals surface area (Å²) in [5, 5.41) is 7.85. The van der Waals surface area contributed by atoms with Crippen LogP contribution in [0.5, 0.6) is 11.5 Å². The number of hydrogen-bond acceptors (Lipinski definition) is 7. The molecule has 9 nitrogen and oxygen atoms in total. The van der Waals surface area contributed by atoms with Gasteiger partial charge in [-0.2, -0.15) is 5.10 Å². The second-order valence-corrected chi connectivity index (χ2v) is 14.3. The van der Waals surface area contributed by atoms with Crippen molar-refractivity contribution in [1.29, 1.82) is 0 Å². The highest BCUT2D eigenvalue weighted by Gasteiger charge is 2.54. The van der Waals surface area contributed by atoms with Gasteiger partial charge in [0.25, 0.3) is 0 Å². The van der Waals surface area contributed by atoms with Gasteiger partial charge >= 0.3 is 0 Å². The van der Waals surface area contributed by atoms with Crippen molar-refractivity contribution in [1.82, 2.24) is 14.8 Å². The molecular weight excluding hydrogens is 540 g/mol. The topological polar surface area (TPSA) is 112 Å². The van der Waals surface area contributed by atoms with Gasteiger partial charge in [-0.05, 0) is 82.0 Å². The van der Waals surface area contributed by atoms with Gasteiger partial charge in [0.2, 0.25) is 5.91 Å². The summed E-state index contributed by atoms with van der Waals surface area (Å²) in [4.78, 5) is 17.3. The summed E-state index contributed by atoms with van der Waals surface area (Å²) in [7, 11) is -3.51. The number of aromatic nitrogens is 3. The molecule has 2 aliphatic heterocycles. The Morgan fingerprint density at radius 2 is 1.95 bits per heavy atom. The Kier molecular flexibility index (Phi) is 6.66. The largest absolute Gasteiger partial charge is 0.456 e. The van der Waals surface area contributed by atoms with E-state index >= 15 is 0 Å². The zero-order valence-electron chi connectivity index (χ0n) is 23.7.